The van der Waals surface area contributed by atoms with E-state index in [1.165, 1.54) is 4.72 Å². The Morgan fingerprint density at radius 3 is 1.93 bits per heavy atom. The van der Waals surface area contributed by atoms with E-state index in [0.717, 1.165) is 13.8 Å². The van der Waals surface area contributed by atoms with E-state index >= 15 is 0 Å². The molecule has 3 N–H and O–H groups in total. The van der Waals surface area contributed by atoms with E-state index < -0.39 is 121 Å². The van der Waals surface area contributed by atoms with Gasteiger partial charge in [-0.05, 0) is 19.9 Å². The molecule has 22 nitrogen and oxygen atoms in total. The van der Waals surface area contributed by atoms with Gasteiger partial charge in [-0.15, -0.1) is 0 Å². The highest BCUT2D eigenvalue weighted by Crippen LogP contribution is 2.37. The SMILES string of the molecule is CC1(C)OC(COS(=O)(=O)[O-])C(COCC2OC(C(=O)O)=CC(O)C2OS(=O)(=O)[O-])C(OS(=O)(=O)[O-])C1NS(=O)(=O)[O-]. The third-order valence-electron chi connectivity index (χ3n) is 5.64. The molecule has 0 radical (unpaired) electrons. The van der Waals surface area contributed by atoms with Gasteiger partial charge in [0.2, 0.25) is 37.0 Å². The molecule has 0 aliphatic carbocycles. The minimum absolute atomic E-state index is 0.491. The van der Waals surface area contributed by atoms with Crippen molar-refractivity contribution in [1.82, 2.24) is 4.72 Å². The molecular weight excluding hydrogens is 670 g/mol. The molecule has 0 aromatic rings. The number of nitrogens with one attached hydrogen (secondary N) is 1. The van der Waals surface area contributed by atoms with Crippen molar-refractivity contribution in [2.24, 2.45) is 5.92 Å². The second-order valence-electron chi connectivity index (χ2n) is 9.12. The van der Waals surface area contributed by atoms with Crippen molar-refractivity contribution in [2.45, 2.75) is 56.0 Å². The molecule has 26 heteroatoms. The molecule has 0 bridgehead atoms. The Bertz CT molecular complexity index is 1450. The zero-order valence-electron chi connectivity index (χ0n) is 21.0. The summed E-state index contributed by atoms with van der Waals surface area (Å²) in [5, 5.41) is 19.2. The van der Waals surface area contributed by atoms with E-state index in [0.29, 0.717) is 6.08 Å². The molecule has 1 fully saturated rings. The van der Waals surface area contributed by atoms with Crippen molar-refractivity contribution in [3.63, 3.8) is 0 Å². The van der Waals surface area contributed by atoms with Crippen LogP contribution in [-0.2, 0) is 73.1 Å². The fourth-order valence-corrected chi connectivity index (χ4v) is 6.17. The van der Waals surface area contributed by atoms with Gasteiger partial charge in [-0.25, -0.2) is 43.2 Å². The lowest BCUT2D eigenvalue weighted by molar-refractivity contribution is -0.208. The Labute approximate surface area is 239 Å². The van der Waals surface area contributed by atoms with Crippen LogP contribution in [0.5, 0.6) is 0 Å². The quantitative estimate of drug-likeness (QED) is 0.113. The number of carboxylic acid groups (broad SMARTS) is 1. The monoisotopic (exact) mass is 693 g/mol. The Morgan fingerprint density at radius 1 is 0.905 bits per heavy atom. The lowest BCUT2D eigenvalue weighted by Gasteiger charge is -2.51. The van der Waals surface area contributed by atoms with E-state index in [1.54, 1.807) is 0 Å². The summed E-state index contributed by atoms with van der Waals surface area (Å²) in [6.45, 7) is -1.09. The average molecular weight is 694 g/mol. The number of carboxylic acids is 1. The summed E-state index contributed by atoms with van der Waals surface area (Å²) in [5.41, 5.74) is -1.97. The smallest absolute Gasteiger partial charge is 0.370 e. The third kappa shape index (κ3) is 11.5. The topological polar surface area (TPSA) is 354 Å². The van der Waals surface area contributed by atoms with Gasteiger partial charge >= 0.3 is 5.97 Å². The van der Waals surface area contributed by atoms with Crippen molar-refractivity contribution in [3.05, 3.63) is 11.8 Å². The third-order valence-corrected chi connectivity index (χ3v) is 7.53. The molecule has 0 saturated carbocycles. The van der Waals surface area contributed by atoms with Crippen LogP contribution >= 0.6 is 0 Å². The molecule has 2 aliphatic rings. The maximum atomic E-state index is 11.5. The fourth-order valence-electron chi connectivity index (χ4n) is 4.11. The molecule has 246 valence electrons. The lowest BCUT2D eigenvalue weighted by Crippen LogP contribution is -2.67. The summed E-state index contributed by atoms with van der Waals surface area (Å²) in [6, 6.07) is -2.01. The standard InChI is InChI=1S/C16H27NO21S4/c1-16(2)14(17-39(21,22)23)12(37-41(27,28)29)7(10(36-16)6-34-40(24,25)26)4-33-5-11-13(38-42(30,31)32)8(18)3-9(35-11)15(19)20/h3,7-8,10-14,17-18H,4-6H2,1-2H3,(H,19,20)(H,21,22,23)(H,24,25,26)(H,27,28,29)(H,30,31,32)/p-4. The van der Waals surface area contributed by atoms with E-state index in [4.69, 9.17) is 19.3 Å². The molecule has 2 heterocycles. The summed E-state index contributed by atoms with van der Waals surface area (Å²) < 4.78 is 165. The fraction of sp³-hybridized carbons (Fsp3) is 0.812. The minimum Gasteiger partial charge on any atom is -0.735 e. The van der Waals surface area contributed by atoms with Crippen LogP contribution in [0.2, 0.25) is 0 Å². The summed E-state index contributed by atoms with van der Waals surface area (Å²) in [5.74, 6) is -4.52. The lowest BCUT2D eigenvalue weighted by atomic mass is 9.80. The first-order valence-corrected chi connectivity index (χ1v) is 16.4. The van der Waals surface area contributed by atoms with Gasteiger partial charge in [0.25, 0.3) is 0 Å². The zero-order chi connectivity index (χ0) is 32.5. The van der Waals surface area contributed by atoms with Crippen molar-refractivity contribution >= 4 is 47.5 Å². The molecule has 7 atom stereocenters. The Hall–Kier alpha value is -1.63. The van der Waals surface area contributed by atoms with Crippen molar-refractivity contribution in [2.75, 3.05) is 19.8 Å². The molecule has 2 rings (SSSR count). The second-order valence-corrected chi connectivity index (χ2v) is 13.3. The first-order valence-electron chi connectivity index (χ1n) is 10.9. The maximum Gasteiger partial charge on any atom is 0.370 e. The predicted octanol–water partition coefficient (Wildman–Crippen LogP) is -4.89. The minimum atomic E-state index is -5.73. The van der Waals surface area contributed by atoms with Gasteiger partial charge in [0, 0.05) is 5.92 Å². The molecule has 0 amide bonds. The molecule has 7 unspecified atom stereocenters. The molecule has 0 spiro atoms. The Kier molecular flexibility index (Phi) is 11.5. The van der Waals surface area contributed by atoms with Gasteiger partial charge in [0.05, 0.1) is 37.6 Å². The van der Waals surface area contributed by atoms with Gasteiger partial charge in [0.1, 0.15) is 18.3 Å². The Morgan fingerprint density at radius 2 is 1.45 bits per heavy atom. The van der Waals surface area contributed by atoms with E-state index in [2.05, 4.69) is 12.5 Å². The number of hydrogen-bond donors (Lipinski definition) is 3. The van der Waals surface area contributed by atoms with Crippen molar-refractivity contribution in [1.29, 1.82) is 0 Å². The highest BCUT2D eigenvalue weighted by Gasteiger charge is 2.52. The molecule has 2 aliphatic heterocycles. The van der Waals surface area contributed by atoms with Crippen LogP contribution in [0.15, 0.2) is 11.8 Å². The van der Waals surface area contributed by atoms with Gasteiger partial charge in [-0.2, -0.15) is 0 Å². The summed E-state index contributed by atoms with van der Waals surface area (Å²) >= 11 is 0. The van der Waals surface area contributed by atoms with Crippen LogP contribution in [0.1, 0.15) is 13.8 Å². The largest absolute Gasteiger partial charge is 0.735 e. The van der Waals surface area contributed by atoms with Gasteiger partial charge in [-0.1, -0.05) is 0 Å². The molecular formula is C16H23NO21S4-4. The van der Waals surface area contributed by atoms with Gasteiger partial charge in [0.15, 0.2) is 16.4 Å². The predicted molar refractivity (Wildman–Crippen MR) is 121 cm³/mol. The van der Waals surface area contributed by atoms with Crippen LogP contribution in [0.4, 0.5) is 0 Å². The number of aliphatic hydroxyl groups is 1. The van der Waals surface area contributed by atoms with Crippen LogP contribution in [0.3, 0.4) is 0 Å². The van der Waals surface area contributed by atoms with Crippen LogP contribution in [-0.4, -0.2) is 130 Å². The number of hydrogen-bond acceptors (Lipinski definition) is 20. The first kappa shape index (κ1) is 36.6. The number of aliphatic hydroxyl groups excluding tert-OH is 1. The number of ether oxygens (including phenoxy) is 3. The summed E-state index contributed by atoms with van der Waals surface area (Å²) in [4.78, 5) is 11.3. The van der Waals surface area contributed by atoms with E-state index in [9.17, 15) is 61.8 Å². The van der Waals surface area contributed by atoms with Crippen LogP contribution in [0, 0.1) is 5.92 Å². The number of aliphatic carboxylic acids is 1. The average Bonchev–Trinajstić information content (AvgIpc) is 2.75. The first-order chi connectivity index (χ1) is 18.8. The number of carbonyl (C=O) groups is 1. The maximum absolute atomic E-state index is 11.5. The second kappa shape index (κ2) is 13.2. The van der Waals surface area contributed by atoms with E-state index in [1.807, 2.05) is 0 Å². The molecule has 1 saturated heterocycles. The van der Waals surface area contributed by atoms with Crippen LogP contribution < -0.4 is 4.72 Å². The van der Waals surface area contributed by atoms with Crippen molar-refractivity contribution < 1.29 is 93.6 Å². The van der Waals surface area contributed by atoms with E-state index in [-0.39, 0.29) is 0 Å². The van der Waals surface area contributed by atoms with Crippen molar-refractivity contribution in [3.8, 4) is 0 Å². The molecule has 0 aromatic carbocycles. The number of rotatable bonds is 14. The van der Waals surface area contributed by atoms with Crippen LogP contribution in [0.25, 0.3) is 0 Å². The molecule has 42 heavy (non-hydrogen) atoms. The summed E-state index contributed by atoms with van der Waals surface area (Å²) in [6.07, 6.45) is -9.58. The Balaban J connectivity index is 2.46. The van der Waals surface area contributed by atoms with Gasteiger partial charge in [-0.3, -0.25) is 12.5 Å². The summed E-state index contributed by atoms with van der Waals surface area (Å²) in [7, 11) is -22.1. The normalized spacial score (nSPS) is 30.7. The highest BCUT2D eigenvalue weighted by atomic mass is 32.3. The molecule has 0 aromatic heterocycles. The highest BCUT2D eigenvalue weighted by molar-refractivity contribution is 7.83. The zero-order valence-corrected chi connectivity index (χ0v) is 24.3. The van der Waals surface area contributed by atoms with Gasteiger partial charge < -0.3 is 42.6 Å².